The molecule has 2 atom stereocenters. The van der Waals surface area contributed by atoms with Crippen LogP contribution in [-0.2, 0) is 9.47 Å². The predicted molar refractivity (Wildman–Crippen MR) is 50.0 cm³/mol. The lowest BCUT2D eigenvalue weighted by molar-refractivity contribution is 0.0755. The molecule has 0 spiro atoms. The summed E-state index contributed by atoms with van der Waals surface area (Å²) in [4.78, 5) is 11.2. The van der Waals surface area contributed by atoms with E-state index in [2.05, 4.69) is 5.32 Å². The quantitative estimate of drug-likeness (QED) is 0.691. The number of aliphatic hydroxyl groups excluding tert-OH is 1. The van der Waals surface area contributed by atoms with Gasteiger partial charge in [-0.1, -0.05) is 0 Å². The molecule has 5 nitrogen and oxygen atoms in total. The Hall–Kier alpha value is -0.810. The number of rotatable bonds is 3. The molecule has 0 saturated carbocycles. The van der Waals surface area contributed by atoms with Crippen LogP contribution < -0.4 is 5.32 Å². The minimum atomic E-state index is -0.501. The zero-order chi connectivity index (χ0) is 10.6. The second-order valence-electron chi connectivity index (χ2n) is 3.67. The fourth-order valence-corrected chi connectivity index (χ4v) is 1.41. The van der Waals surface area contributed by atoms with Crippen molar-refractivity contribution in [2.75, 3.05) is 19.8 Å². The molecule has 2 unspecified atom stereocenters. The van der Waals surface area contributed by atoms with Crippen LogP contribution in [0.4, 0.5) is 4.79 Å². The Kier molecular flexibility index (Phi) is 3.71. The van der Waals surface area contributed by atoms with Crippen LogP contribution in [0.1, 0.15) is 20.3 Å². The molecule has 1 heterocycles. The van der Waals surface area contributed by atoms with E-state index in [0.717, 1.165) is 6.42 Å². The van der Waals surface area contributed by atoms with E-state index >= 15 is 0 Å². The summed E-state index contributed by atoms with van der Waals surface area (Å²) in [5.74, 6) is 0. The second-order valence-corrected chi connectivity index (χ2v) is 3.67. The second kappa shape index (κ2) is 4.61. The molecule has 0 aromatic heterocycles. The van der Waals surface area contributed by atoms with Gasteiger partial charge in [-0.15, -0.1) is 0 Å². The molecule has 0 aromatic carbocycles. The minimum Gasteiger partial charge on any atom is -0.447 e. The van der Waals surface area contributed by atoms with Gasteiger partial charge < -0.3 is 19.9 Å². The molecular weight excluding hydrogens is 186 g/mol. The van der Waals surface area contributed by atoms with Gasteiger partial charge in [-0.3, -0.25) is 0 Å². The third-order valence-corrected chi connectivity index (χ3v) is 2.60. The van der Waals surface area contributed by atoms with Crippen LogP contribution in [0.2, 0.25) is 0 Å². The Labute approximate surface area is 83.4 Å². The Morgan fingerprint density at radius 1 is 1.79 bits per heavy atom. The average Bonchev–Trinajstić information content (AvgIpc) is 2.43. The highest BCUT2D eigenvalue weighted by molar-refractivity contribution is 5.68. The van der Waals surface area contributed by atoms with Crippen molar-refractivity contribution in [2.24, 2.45) is 0 Å². The predicted octanol–water partition coefficient (Wildman–Crippen LogP) is 0.272. The molecule has 14 heavy (non-hydrogen) atoms. The van der Waals surface area contributed by atoms with Crippen molar-refractivity contribution in [1.82, 2.24) is 5.32 Å². The van der Waals surface area contributed by atoms with E-state index in [-0.39, 0.29) is 24.9 Å². The largest absolute Gasteiger partial charge is 0.447 e. The first kappa shape index (κ1) is 11.3. The number of hydrogen-bond donors (Lipinski definition) is 2. The molecule has 0 bridgehead atoms. The van der Waals surface area contributed by atoms with E-state index in [1.54, 1.807) is 0 Å². The third-order valence-electron chi connectivity index (χ3n) is 2.60. The van der Waals surface area contributed by atoms with E-state index in [1.807, 2.05) is 13.8 Å². The van der Waals surface area contributed by atoms with Gasteiger partial charge in [0, 0.05) is 6.61 Å². The zero-order valence-corrected chi connectivity index (χ0v) is 8.58. The van der Waals surface area contributed by atoms with E-state index in [9.17, 15) is 4.79 Å². The van der Waals surface area contributed by atoms with Crippen molar-refractivity contribution in [3.05, 3.63) is 0 Å². The zero-order valence-electron chi connectivity index (χ0n) is 8.58. The van der Waals surface area contributed by atoms with Gasteiger partial charge in [0.2, 0.25) is 0 Å². The maximum absolute atomic E-state index is 11.2. The SMILES string of the molecule is CC1OCCC1(C)NC(=O)OCCO. The highest BCUT2D eigenvalue weighted by atomic mass is 16.6. The molecule has 1 amide bonds. The molecule has 0 radical (unpaired) electrons. The van der Waals surface area contributed by atoms with Gasteiger partial charge in [-0.05, 0) is 20.3 Å². The molecule has 0 aromatic rings. The van der Waals surface area contributed by atoms with E-state index in [4.69, 9.17) is 14.6 Å². The maximum atomic E-state index is 11.2. The van der Waals surface area contributed by atoms with Gasteiger partial charge in [0.05, 0.1) is 18.2 Å². The van der Waals surface area contributed by atoms with Crippen molar-refractivity contribution in [2.45, 2.75) is 31.9 Å². The van der Waals surface area contributed by atoms with E-state index in [1.165, 1.54) is 0 Å². The smallest absolute Gasteiger partial charge is 0.407 e. The molecule has 0 aliphatic carbocycles. The first-order valence-electron chi connectivity index (χ1n) is 4.76. The van der Waals surface area contributed by atoms with Crippen LogP contribution in [0.5, 0.6) is 0 Å². The third kappa shape index (κ3) is 2.59. The summed E-state index contributed by atoms with van der Waals surface area (Å²) < 4.78 is 10.1. The monoisotopic (exact) mass is 203 g/mol. The summed E-state index contributed by atoms with van der Waals surface area (Å²) in [7, 11) is 0. The molecule has 1 rings (SSSR count). The van der Waals surface area contributed by atoms with Crippen molar-refractivity contribution in [1.29, 1.82) is 0 Å². The van der Waals surface area contributed by atoms with Crippen LogP contribution in [0, 0.1) is 0 Å². The van der Waals surface area contributed by atoms with Gasteiger partial charge in [0.15, 0.2) is 0 Å². The van der Waals surface area contributed by atoms with Gasteiger partial charge in [-0.2, -0.15) is 0 Å². The number of carbonyl (C=O) groups is 1. The molecule has 1 fully saturated rings. The summed E-state index contributed by atoms with van der Waals surface area (Å²) in [6.07, 6.45) is 0.269. The summed E-state index contributed by atoms with van der Waals surface area (Å²) in [6.45, 7) is 4.36. The lowest BCUT2D eigenvalue weighted by atomic mass is 9.95. The Morgan fingerprint density at radius 3 is 3.00 bits per heavy atom. The molecule has 82 valence electrons. The molecule has 5 heteroatoms. The minimum absolute atomic E-state index is 0.0100. The normalized spacial score (nSPS) is 31.5. The molecule has 2 N–H and O–H groups in total. The molecule has 1 aliphatic heterocycles. The summed E-state index contributed by atoms with van der Waals surface area (Å²) >= 11 is 0. The van der Waals surface area contributed by atoms with Gasteiger partial charge in [-0.25, -0.2) is 4.79 Å². The van der Waals surface area contributed by atoms with Gasteiger partial charge in [0.1, 0.15) is 6.61 Å². The number of amides is 1. The Bertz CT molecular complexity index is 209. The Balaban J connectivity index is 2.38. The number of ether oxygens (including phenoxy) is 2. The maximum Gasteiger partial charge on any atom is 0.407 e. The van der Waals surface area contributed by atoms with Crippen LogP contribution in [0.3, 0.4) is 0 Å². The van der Waals surface area contributed by atoms with E-state index in [0.29, 0.717) is 6.61 Å². The van der Waals surface area contributed by atoms with Crippen LogP contribution in [0.15, 0.2) is 0 Å². The average molecular weight is 203 g/mol. The Morgan fingerprint density at radius 2 is 2.50 bits per heavy atom. The van der Waals surface area contributed by atoms with Crippen molar-refractivity contribution in [3.8, 4) is 0 Å². The lowest BCUT2D eigenvalue weighted by Gasteiger charge is -2.28. The summed E-state index contributed by atoms with van der Waals surface area (Å²) in [5.41, 5.74) is -0.355. The number of nitrogens with one attached hydrogen (secondary N) is 1. The molecular formula is C9H17NO4. The van der Waals surface area contributed by atoms with Crippen LogP contribution in [-0.4, -0.2) is 42.7 Å². The summed E-state index contributed by atoms with van der Waals surface area (Å²) in [5, 5.41) is 11.2. The highest BCUT2D eigenvalue weighted by Crippen LogP contribution is 2.24. The first-order chi connectivity index (χ1) is 6.58. The first-order valence-corrected chi connectivity index (χ1v) is 4.76. The van der Waals surface area contributed by atoms with Crippen molar-refractivity contribution in [3.63, 3.8) is 0 Å². The van der Waals surface area contributed by atoms with Gasteiger partial charge in [0.25, 0.3) is 0 Å². The van der Waals surface area contributed by atoms with Crippen molar-refractivity contribution >= 4 is 6.09 Å². The van der Waals surface area contributed by atoms with Gasteiger partial charge >= 0.3 is 6.09 Å². The number of aliphatic hydroxyl groups is 1. The summed E-state index contributed by atoms with van der Waals surface area (Å²) in [6, 6.07) is 0. The number of hydrogen-bond acceptors (Lipinski definition) is 4. The molecule has 1 aliphatic rings. The number of alkyl carbamates (subject to hydrolysis) is 1. The topological polar surface area (TPSA) is 67.8 Å². The number of carbonyl (C=O) groups excluding carboxylic acids is 1. The fraction of sp³-hybridized carbons (Fsp3) is 0.889. The molecule has 1 saturated heterocycles. The fourth-order valence-electron chi connectivity index (χ4n) is 1.41. The lowest BCUT2D eigenvalue weighted by Crippen LogP contribution is -2.50. The standard InChI is InChI=1S/C9H17NO4/c1-7-9(2,3-5-13-7)10-8(12)14-6-4-11/h7,11H,3-6H2,1-2H3,(H,10,12). The van der Waals surface area contributed by atoms with Crippen LogP contribution >= 0.6 is 0 Å². The van der Waals surface area contributed by atoms with Crippen LogP contribution in [0.25, 0.3) is 0 Å². The van der Waals surface area contributed by atoms with Crippen molar-refractivity contribution < 1.29 is 19.4 Å². The van der Waals surface area contributed by atoms with E-state index < -0.39 is 6.09 Å². The highest BCUT2D eigenvalue weighted by Gasteiger charge is 2.38.